The van der Waals surface area contributed by atoms with Crippen LogP contribution in [0.15, 0.2) is 48.9 Å². The SMILES string of the molecule is O=C(O)c1c(-c2cccc(OC(F)(F)F)c2)ccn2ccnc12. The minimum absolute atomic E-state index is 0.0957. The van der Waals surface area contributed by atoms with Crippen molar-refractivity contribution in [2.75, 3.05) is 0 Å². The van der Waals surface area contributed by atoms with Gasteiger partial charge in [-0.15, -0.1) is 13.2 Å². The summed E-state index contributed by atoms with van der Waals surface area (Å²) in [4.78, 5) is 15.5. The van der Waals surface area contributed by atoms with E-state index in [4.69, 9.17) is 0 Å². The normalized spacial score (nSPS) is 11.6. The van der Waals surface area contributed by atoms with Crippen molar-refractivity contribution >= 4 is 11.6 Å². The minimum Gasteiger partial charge on any atom is -0.478 e. The molecule has 3 rings (SSSR count). The summed E-state index contributed by atoms with van der Waals surface area (Å²) in [6, 6.07) is 6.65. The molecule has 0 saturated carbocycles. The van der Waals surface area contributed by atoms with Crippen LogP contribution in [0.4, 0.5) is 13.2 Å². The number of hydrogen-bond acceptors (Lipinski definition) is 3. The van der Waals surface area contributed by atoms with Gasteiger partial charge in [-0.3, -0.25) is 0 Å². The Hall–Kier alpha value is -3.03. The maximum Gasteiger partial charge on any atom is 0.573 e. The Morgan fingerprint density at radius 2 is 2.00 bits per heavy atom. The van der Waals surface area contributed by atoms with Gasteiger partial charge in [-0.25, -0.2) is 9.78 Å². The minimum atomic E-state index is -4.82. The molecule has 0 saturated heterocycles. The number of aromatic nitrogens is 2. The lowest BCUT2D eigenvalue weighted by molar-refractivity contribution is -0.274. The molecule has 5 nitrogen and oxygen atoms in total. The number of fused-ring (bicyclic) bond motifs is 1. The fourth-order valence-corrected chi connectivity index (χ4v) is 2.30. The zero-order valence-electron chi connectivity index (χ0n) is 11.4. The maximum absolute atomic E-state index is 12.3. The third-order valence-electron chi connectivity index (χ3n) is 3.16. The topological polar surface area (TPSA) is 63.8 Å². The van der Waals surface area contributed by atoms with Gasteiger partial charge < -0.3 is 14.2 Å². The number of aromatic carboxylic acids is 1. The highest BCUT2D eigenvalue weighted by Crippen LogP contribution is 2.31. The molecule has 0 radical (unpaired) electrons. The highest BCUT2D eigenvalue weighted by atomic mass is 19.4. The van der Waals surface area contributed by atoms with Gasteiger partial charge in [-0.2, -0.15) is 0 Å². The Bertz CT molecular complexity index is 887. The van der Waals surface area contributed by atoms with Gasteiger partial charge in [-0.05, 0) is 23.8 Å². The Morgan fingerprint density at radius 1 is 1.22 bits per heavy atom. The second kappa shape index (κ2) is 5.31. The van der Waals surface area contributed by atoms with Crippen LogP contribution in [0.25, 0.3) is 16.8 Å². The number of ether oxygens (including phenoxy) is 1. The fraction of sp³-hybridized carbons (Fsp3) is 0.0667. The van der Waals surface area contributed by atoms with Crippen molar-refractivity contribution in [2.45, 2.75) is 6.36 Å². The average Bonchev–Trinajstić information content (AvgIpc) is 2.92. The number of carboxylic acids is 1. The first-order valence-electron chi connectivity index (χ1n) is 6.40. The summed E-state index contributed by atoms with van der Waals surface area (Å²) in [6.07, 6.45) is -0.216. The summed E-state index contributed by atoms with van der Waals surface area (Å²) >= 11 is 0. The Balaban J connectivity index is 2.15. The third-order valence-corrected chi connectivity index (χ3v) is 3.16. The van der Waals surface area contributed by atoms with Crippen molar-refractivity contribution in [2.24, 2.45) is 0 Å². The molecule has 0 atom stereocenters. The summed E-state index contributed by atoms with van der Waals surface area (Å²) in [5.74, 6) is -1.64. The molecule has 2 aromatic heterocycles. The van der Waals surface area contributed by atoms with Gasteiger partial charge in [0.1, 0.15) is 11.3 Å². The van der Waals surface area contributed by atoms with E-state index in [0.717, 1.165) is 12.1 Å². The molecular weight excluding hydrogens is 313 g/mol. The monoisotopic (exact) mass is 322 g/mol. The van der Waals surface area contributed by atoms with Crippen molar-refractivity contribution in [1.82, 2.24) is 9.38 Å². The zero-order chi connectivity index (χ0) is 16.6. The summed E-state index contributed by atoms with van der Waals surface area (Å²) in [5, 5.41) is 9.43. The van der Waals surface area contributed by atoms with Gasteiger partial charge in [-0.1, -0.05) is 12.1 Å². The van der Waals surface area contributed by atoms with E-state index < -0.39 is 18.1 Å². The van der Waals surface area contributed by atoms with Crippen molar-refractivity contribution in [1.29, 1.82) is 0 Å². The van der Waals surface area contributed by atoms with Crippen LogP contribution in [0.1, 0.15) is 10.4 Å². The molecule has 1 aromatic carbocycles. The molecule has 0 aliphatic rings. The van der Waals surface area contributed by atoms with E-state index in [0.29, 0.717) is 0 Å². The Morgan fingerprint density at radius 3 is 2.70 bits per heavy atom. The van der Waals surface area contributed by atoms with Gasteiger partial charge in [0.25, 0.3) is 0 Å². The molecule has 23 heavy (non-hydrogen) atoms. The number of hydrogen-bond donors (Lipinski definition) is 1. The van der Waals surface area contributed by atoms with Gasteiger partial charge in [0.15, 0.2) is 5.65 Å². The standard InChI is InChI=1S/C15H9F3N2O3/c16-15(17,18)23-10-3-1-2-9(8-10)11-4-6-20-7-5-19-13(20)12(11)14(21)22/h1-8H,(H,21,22). The lowest BCUT2D eigenvalue weighted by Crippen LogP contribution is -2.17. The van der Waals surface area contributed by atoms with Crippen LogP contribution in [0.2, 0.25) is 0 Å². The molecule has 0 unspecified atom stereocenters. The lowest BCUT2D eigenvalue weighted by Gasteiger charge is -2.12. The molecule has 0 fully saturated rings. The van der Waals surface area contributed by atoms with Crippen LogP contribution in [0.5, 0.6) is 5.75 Å². The van der Waals surface area contributed by atoms with Crippen LogP contribution >= 0.6 is 0 Å². The largest absolute Gasteiger partial charge is 0.573 e. The first-order chi connectivity index (χ1) is 10.8. The van der Waals surface area contributed by atoms with Crippen LogP contribution in [-0.4, -0.2) is 26.8 Å². The first-order valence-corrected chi connectivity index (χ1v) is 6.40. The molecule has 118 valence electrons. The fourth-order valence-electron chi connectivity index (χ4n) is 2.30. The summed E-state index contributed by atoms with van der Waals surface area (Å²) < 4.78 is 42.3. The summed E-state index contributed by atoms with van der Waals surface area (Å²) in [5.41, 5.74) is 0.650. The number of carboxylic acid groups (broad SMARTS) is 1. The van der Waals surface area contributed by atoms with E-state index in [1.165, 1.54) is 28.8 Å². The number of imidazole rings is 1. The Labute approximate surface area is 127 Å². The van der Waals surface area contributed by atoms with Crippen LogP contribution in [0.3, 0.4) is 0 Å². The second-order valence-electron chi connectivity index (χ2n) is 4.64. The van der Waals surface area contributed by atoms with E-state index in [9.17, 15) is 23.1 Å². The number of halogens is 3. The molecule has 8 heteroatoms. The predicted octanol–water partition coefficient (Wildman–Crippen LogP) is 3.60. The van der Waals surface area contributed by atoms with E-state index in [1.807, 2.05) is 0 Å². The smallest absolute Gasteiger partial charge is 0.478 e. The Kier molecular flexibility index (Phi) is 3.44. The molecule has 0 aliphatic carbocycles. The number of rotatable bonds is 3. The number of carbonyl (C=O) groups is 1. The van der Waals surface area contributed by atoms with Crippen LogP contribution < -0.4 is 4.74 Å². The van der Waals surface area contributed by atoms with Crippen LogP contribution in [-0.2, 0) is 0 Å². The highest BCUT2D eigenvalue weighted by molar-refractivity contribution is 6.02. The molecular formula is C15H9F3N2O3. The molecule has 1 N–H and O–H groups in total. The van der Waals surface area contributed by atoms with Crippen molar-refractivity contribution in [3.05, 3.63) is 54.5 Å². The zero-order valence-corrected chi connectivity index (χ0v) is 11.4. The molecule has 3 aromatic rings. The van der Waals surface area contributed by atoms with Crippen molar-refractivity contribution in [3.63, 3.8) is 0 Å². The van der Waals surface area contributed by atoms with Crippen LogP contribution in [0, 0.1) is 0 Å². The third kappa shape index (κ3) is 2.96. The number of pyridine rings is 1. The summed E-state index contributed by atoms with van der Waals surface area (Å²) in [6.45, 7) is 0. The van der Waals surface area contributed by atoms with Gasteiger partial charge in [0.2, 0.25) is 0 Å². The molecule has 0 aliphatic heterocycles. The van der Waals surface area contributed by atoms with E-state index in [-0.39, 0.29) is 22.3 Å². The summed E-state index contributed by atoms with van der Waals surface area (Å²) in [7, 11) is 0. The predicted molar refractivity (Wildman–Crippen MR) is 74.3 cm³/mol. The first kappa shape index (κ1) is 14.9. The second-order valence-corrected chi connectivity index (χ2v) is 4.64. The van der Waals surface area contributed by atoms with Crippen molar-refractivity contribution in [3.8, 4) is 16.9 Å². The molecule has 0 bridgehead atoms. The number of benzene rings is 1. The van der Waals surface area contributed by atoms with Gasteiger partial charge in [0, 0.05) is 24.2 Å². The quantitative estimate of drug-likeness (QED) is 0.800. The number of alkyl halides is 3. The highest BCUT2D eigenvalue weighted by Gasteiger charge is 2.31. The van der Waals surface area contributed by atoms with E-state index >= 15 is 0 Å². The average molecular weight is 322 g/mol. The van der Waals surface area contributed by atoms with Gasteiger partial charge in [0.05, 0.1) is 0 Å². The van der Waals surface area contributed by atoms with Gasteiger partial charge >= 0.3 is 12.3 Å². The van der Waals surface area contributed by atoms with E-state index in [2.05, 4.69) is 9.72 Å². The van der Waals surface area contributed by atoms with Crippen molar-refractivity contribution < 1.29 is 27.8 Å². The molecule has 2 heterocycles. The maximum atomic E-state index is 12.3. The number of nitrogens with zero attached hydrogens (tertiary/aromatic N) is 2. The van der Waals surface area contributed by atoms with E-state index in [1.54, 1.807) is 12.4 Å². The lowest BCUT2D eigenvalue weighted by atomic mass is 10.0. The molecule has 0 amide bonds. The molecule has 0 spiro atoms.